The zero-order valence-corrected chi connectivity index (χ0v) is 7.33. The highest BCUT2D eigenvalue weighted by Gasteiger charge is 1.95. The fourth-order valence-corrected chi connectivity index (χ4v) is 1.76. The predicted octanol–water partition coefficient (Wildman–Crippen LogP) is 4.45. The Morgan fingerprint density at radius 2 is 1.00 bits per heavy atom. The van der Waals surface area contributed by atoms with Crippen molar-refractivity contribution in [2.24, 2.45) is 0 Å². The third kappa shape index (κ3) is 36.1. The van der Waals surface area contributed by atoms with Crippen LogP contribution in [0.5, 0.6) is 0 Å². The van der Waals surface area contributed by atoms with Crippen molar-refractivity contribution in [3.05, 3.63) is 0 Å². The van der Waals surface area contributed by atoms with Crippen LogP contribution in [0.25, 0.3) is 0 Å². The van der Waals surface area contributed by atoms with Gasteiger partial charge in [-0.15, -0.1) is 18.5 Å². The zero-order chi connectivity index (χ0) is 5.86. The van der Waals surface area contributed by atoms with Crippen LogP contribution < -0.4 is 0 Å². The molecule has 0 bridgehead atoms. The Hall–Kier alpha value is 0.860. The molecule has 0 spiro atoms. The normalized spacial score (nSPS) is 12.0. The summed E-state index contributed by atoms with van der Waals surface area (Å²) in [5.41, 5.74) is 1.54. The molecule has 0 aromatic rings. The van der Waals surface area contributed by atoms with E-state index in [1.165, 1.54) is 6.42 Å². The van der Waals surface area contributed by atoms with Gasteiger partial charge in [-0.1, -0.05) is 43.6 Å². The zero-order valence-electron chi connectivity index (χ0n) is 5.02. The Morgan fingerprint density at radius 3 is 1.00 bits per heavy atom. The molecule has 0 radical (unpaired) electrons. The summed E-state index contributed by atoms with van der Waals surface area (Å²) < 4.78 is 0. The standard InChI is InChI=1S/C5H14P2.4CH4/c1-4(6)3-5(2)7;;;;/h4-5H,3,6-7H2,1-2H3;4*1H4/t4-,5?;;;;/m0..../s1. The molecule has 0 nitrogen and oxygen atoms in total. The molecule has 76 valence electrons. The average Bonchev–Trinajstić information content (AvgIpc) is 1.27. The molecular formula is C9H30P2. The smallest absolute Gasteiger partial charge is 0.0287 e. The van der Waals surface area contributed by atoms with Crippen LogP contribution in [0.3, 0.4) is 0 Å². The lowest BCUT2D eigenvalue weighted by atomic mass is 10.3. The summed E-state index contributed by atoms with van der Waals surface area (Å²) in [5.74, 6) is 0. The maximum absolute atomic E-state index is 2.79. The number of hydrogen-bond donors (Lipinski definition) is 0. The van der Waals surface area contributed by atoms with Crippen LogP contribution in [0.4, 0.5) is 0 Å². The first-order valence-corrected chi connectivity index (χ1v) is 3.97. The molecule has 0 fully saturated rings. The van der Waals surface area contributed by atoms with Gasteiger partial charge in [-0.2, -0.15) is 0 Å². The van der Waals surface area contributed by atoms with E-state index in [0.29, 0.717) is 0 Å². The molecule has 0 rings (SSSR count). The quantitative estimate of drug-likeness (QED) is 0.578. The second-order valence-electron chi connectivity index (χ2n) is 2.19. The maximum atomic E-state index is 2.79. The molecule has 11 heavy (non-hydrogen) atoms. The maximum Gasteiger partial charge on any atom is -0.0287 e. The van der Waals surface area contributed by atoms with Gasteiger partial charge < -0.3 is 0 Å². The van der Waals surface area contributed by atoms with Crippen LogP contribution in [0.2, 0.25) is 0 Å². The van der Waals surface area contributed by atoms with Crippen LogP contribution in [-0.2, 0) is 0 Å². The Balaban J connectivity index is -0.0000000300. The van der Waals surface area contributed by atoms with E-state index < -0.39 is 0 Å². The van der Waals surface area contributed by atoms with E-state index >= 15 is 0 Å². The lowest BCUT2D eigenvalue weighted by Crippen LogP contribution is -1.97. The summed E-state index contributed by atoms with van der Waals surface area (Å²) >= 11 is 0. The Morgan fingerprint density at radius 1 is 0.818 bits per heavy atom. The van der Waals surface area contributed by atoms with E-state index in [9.17, 15) is 0 Å². The molecule has 4 atom stereocenters. The molecule has 3 unspecified atom stereocenters. The molecule has 0 aromatic heterocycles. The van der Waals surface area contributed by atoms with E-state index in [4.69, 9.17) is 0 Å². The van der Waals surface area contributed by atoms with Gasteiger partial charge in [0.15, 0.2) is 0 Å². The SMILES string of the molecule is C.C.C.C.CC(P)C[C@H](C)P. The monoisotopic (exact) mass is 200 g/mol. The Labute approximate surface area is 80.3 Å². The van der Waals surface area contributed by atoms with E-state index in [1.807, 2.05) is 0 Å². The van der Waals surface area contributed by atoms with Crippen LogP contribution >= 0.6 is 18.5 Å². The van der Waals surface area contributed by atoms with Gasteiger partial charge in [0.2, 0.25) is 0 Å². The van der Waals surface area contributed by atoms with Crippen molar-refractivity contribution < 1.29 is 0 Å². The molecule has 0 saturated carbocycles. The van der Waals surface area contributed by atoms with Gasteiger partial charge in [0.05, 0.1) is 0 Å². The summed E-state index contributed by atoms with van der Waals surface area (Å²) in [7, 11) is 5.58. The highest BCUT2D eigenvalue weighted by atomic mass is 31.0. The minimum Gasteiger partial charge on any atom is -0.135 e. The van der Waals surface area contributed by atoms with E-state index in [1.54, 1.807) is 0 Å². The molecule has 2 heteroatoms. The second-order valence-corrected chi connectivity index (χ2v) is 4.47. The van der Waals surface area contributed by atoms with Crippen molar-refractivity contribution in [1.82, 2.24) is 0 Å². The van der Waals surface area contributed by atoms with Crippen molar-refractivity contribution in [1.29, 1.82) is 0 Å². The molecule has 0 saturated heterocycles. The predicted molar refractivity (Wildman–Crippen MR) is 69.9 cm³/mol. The average molecular weight is 200 g/mol. The van der Waals surface area contributed by atoms with E-state index in [-0.39, 0.29) is 29.7 Å². The van der Waals surface area contributed by atoms with Gasteiger partial charge in [-0.25, -0.2) is 0 Å². The van der Waals surface area contributed by atoms with Gasteiger partial charge in [0, 0.05) is 0 Å². The number of rotatable bonds is 2. The molecule has 0 N–H and O–H groups in total. The van der Waals surface area contributed by atoms with Gasteiger partial charge in [-0.05, 0) is 17.7 Å². The third-order valence-corrected chi connectivity index (χ3v) is 1.29. The molecule has 0 aliphatic carbocycles. The highest BCUT2D eigenvalue weighted by molar-refractivity contribution is 7.18. The topological polar surface area (TPSA) is 0 Å². The summed E-state index contributed by atoms with van der Waals surface area (Å²) in [4.78, 5) is 0. The largest absolute Gasteiger partial charge is 0.135 e. The van der Waals surface area contributed by atoms with Crippen molar-refractivity contribution in [2.45, 2.75) is 61.3 Å². The molecule has 0 aromatic carbocycles. The van der Waals surface area contributed by atoms with Gasteiger partial charge in [0.1, 0.15) is 0 Å². The van der Waals surface area contributed by atoms with E-state index in [0.717, 1.165) is 11.3 Å². The van der Waals surface area contributed by atoms with Crippen molar-refractivity contribution in [2.75, 3.05) is 0 Å². The molecule has 0 aliphatic rings. The second kappa shape index (κ2) is 17.1. The van der Waals surface area contributed by atoms with Crippen molar-refractivity contribution in [3.8, 4) is 0 Å². The summed E-state index contributed by atoms with van der Waals surface area (Å²) in [6.45, 7) is 4.43. The summed E-state index contributed by atoms with van der Waals surface area (Å²) in [6.07, 6.45) is 1.29. The first kappa shape index (κ1) is 29.7. The van der Waals surface area contributed by atoms with Gasteiger partial charge in [-0.3, -0.25) is 0 Å². The fraction of sp³-hybridized carbons (Fsp3) is 1.00. The third-order valence-electron chi connectivity index (χ3n) is 0.744. The van der Waals surface area contributed by atoms with Crippen molar-refractivity contribution in [3.63, 3.8) is 0 Å². The molecule has 0 amide bonds. The minimum atomic E-state index is 0. The Bertz CT molecular complexity index is 36.8. The van der Waals surface area contributed by atoms with Gasteiger partial charge in [0.25, 0.3) is 0 Å². The van der Waals surface area contributed by atoms with Crippen LogP contribution in [0, 0.1) is 0 Å². The highest BCUT2D eigenvalue weighted by Crippen LogP contribution is 2.12. The lowest BCUT2D eigenvalue weighted by molar-refractivity contribution is 0.804. The molecule has 0 aliphatic heterocycles. The molecular weight excluding hydrogens is 170 g/mol. The Kier molecular flexibility index (Phi) is 46.2. The first-order valence-electron chi connectivity index (χ1n) is 2.64. The van der Waals surface area contributed by atoms with Gasteiger partial charge >= 0.3 is 0 Å². The lowest BCUT2D eigenvalue weighted by Gasteiger charge is -2.05. The summed E-state index contributed by atoms with van der Waals surface area (Å²) in [5, 5.41) is 0. The van der Waals surface area contributed by atoms with Crippen LogP contribution in [-0.4, -0.2) is 11.3 Å². The minimum absolute atomic E-state index is 0. The van der Waals surface area contributed by atoms with Crippen molar-refractivity contribution >= 4 is 18.5 Å². The summed E-state index contributed by atoms with van der Waals surface area (Å²) in [6, 6.07) is 0. The first-order chi connectivity index (χ1) is 3.13. The fourth-order valence-electron chi connectivity index (χ4n) is 0.586. The number of hydrogen-bond acceptors (Lipinski definition) is 0. The van der Waals surface area contributed by atoms with Crippen LogP contribution in [0.1, 0.15) is 50.0 Å². The van der Waals surface area contributed by atoms with Crippen LogP contribution in [0.15, 0.2) is 0 Å². The molecule has 0 heterocycles. The van der Waals surface area contributed by atoms with E-state index in [2.05, 4.69) is 32.3 Å².